The molecule has 0 aliphatic carbocycles. The summed E-state index contributed by atoms with van der Waals surface area (Å²) in [6, 6.07) is 11.1. The minimum atomic E-state index is -0.304. The first-order valence-corrected chi connectivity index (χ1v) is 8.29. The molecule has 0 aliphatic heterocycles. The average Bonchev–Trinajstić information content (AvgIpc) is 2.63. The van der Waals surface area contributed by atoms with Gasteiger partial charge in [0, 0.05) is 4.47 Å². The quantitative estimate of drug-likeness (QED) is 0.677. The average molecular weight is 405 g/mol. The molecule has 0 fully saturated rings. The number of ether oxygens (including phenoxy) is 2. The van der Waals surface area contributed by atoms with E-state index in [2.05, 4.69) is 32.0 Å². The van der Waals surface area contributed by atoms with E-state index in [-0.39, 0.29) is 11.9 Å². The van der Waals surface area contributed by atoms with E-state index in [1.807, 2.05) is 38.1 Å². The zero-order valence-corrected chi connectivity index (χ0v) is 16.3. The fraction of sp³-hybridized carbons (Fsp3) is 0.200. The Hall–Kier alpha value is -2.40. The largest absolute Gasteiger partial charge is 0.465 e. The normalized spacial score (nSPS) is 9.48. The van der Waals surface area contributed by atoms with Crippen LogP contribution in [0.5, 0.6) is 0 Å². The molecule has 25 heavy (non-hydrogen) atoms. The Morgan fingerprint density at radius 1 is 0.920 bits per heavy atom. The second-order valence-corrected chi connectivity index (χ2v) is 6.14. The van der Waals surface area contributed by atoms with Crippen LogP contribution in [-0.4, -0.2) is 26.2 Å². The lowest BCUT2D eigenvalue weighted by Gasteiger charge is -2.04. The van der Waals surface area contributed by atoms with E-state index in [0.29, 0.717) is 11.1 Å². The summed E-state index contributed by atoms with van der Waals surface area (Å²) in [4.78, 5) is 22.4. The van der Waals surface area contributed by atoms with Crippen molar-refractivity contribution in [3.63, 3.8) is 0 Å². The number of rotatable bonds is 3. The molecule has 2 aromatic rings. The zero-order chi connectivity index (χ0) is 19.0. The number of carbonyl (C=O) groups excluding carboxylic acids is 2. The Kier molecular flexibility index (Phi) is 8.08. The molecule has 0 atom stereocenters. The number of aryl methyl sites for hydroxylation is 2. The molecule has 0 aromatic heterocycles. The third-order valence-corrected chi connectivity index (χ3v) is 4.00. The molecule has 4 nitrogen and oxygen atoms in total. The van der Waals surface area contributed by atoms with Gasteiger partial charge >= 0.3 is 11.9 Å². The van der Waals surface area contributed by atoms with Gasteiger partial charge in [0.05, 0.1) is 25.3 Å². The molecule has 0 bridgehead atoms. The second-order valence-electron chi connectivity index (χ2n) is 5.22. The number of benzene rings is 2. The molecule has 5 heteroatoms. The van der Waals surface area contributed by atoms with Crippen LogP contribution < -0.4 is 0 Å². The molecule has 0 spiro atoms. The lowest BCUT2D eigenvalue weighted by molar-refractivity contribution is 0.0591. The number of hydrogen-bond acceptors (Lipinski definition) is 4. The van der Waals surface area contributed by atoms with Gasteiger partial charge in [0.15, 0.2) is 0 Å². The van der Waals surface area contributed by atoms with Gasteiger partial charge in [-0.3, -0.25) is 0 Å². The van der Waals surface area contributed by atoms with Gasteiger partial charge in [0.25, 0.3) is 0 Å². The maximum atomic E-state index is 11.2. The zero-order valence-electron chi connectivity index (χ0n) is 14.8. The van der Waals surface area contributed by atoms with E-state index in [4.69, 9.17) is 0 Å². The molecule has 0 amide bonds. The maximum Gasteiger partial charge on any atom is 0.338 e. The summed E-state index contributed by atoms with van der Waals surface area (Å²) in [7, 11) is 2.75. The number of esters is 2. The van der Waals surface area contributed by atoms with Gasteiger partial charge in [-0.05, 0) is 48.7 Å². The van der Waals surface area contributed by atoms with E-state index >= 15 is 0 Å². The monoisotopic (exact) mass is 404 g/mol. The van der Waals surface area contributed by atoms with E-state index in [9.17, 15) is 9.59 Å². The predicted molar refractivity (Wildman–Crippen MR) is 103 cm³/mol. The van der Waals surface area contributed by atoms with Crippen LogP contribution in [-0.2, 0) is 9.47 Å². The summed E-state index contributed by atoms with van der Waals surface area (Å²) in [5.74, 6) is -0.602. The standard InChI is InChI=1S/C11H12O2.C9H9BrO2/c1-4-9-6-5-8(2)10(7-9)11(12)13-3;1-6-3-4-7(10)5-8(6)9(11)12-2/h4-7H,1H2,2-3H3;3-5H,1-2H3. The molecule has 0 saturated carbocycles. The minimum absolute atomic E-state index is 0.297. The van der Waals surface area contributed by atoms with Gasteiger partial charge in [-0.1, -0.05) is 46.8 Å². The highest BCUT2D eigenvalue weighted by Crippen LogP contribution is 2.16. The smallest absolute Gasteiger partial charge is 0.338 e. The van der Waals surface area contributed by atoms with Gasteiger partial charge in [0.2, 0.25) is 0 Å². The van der Waals surface area contributed by atoms with E-state index in [1.165, 1.54) is 14.2 Å². The van der Waals surface area contributed by atoms with E-state index < -0.39 is 0 Å². The summed E-state index contributed by atoms with van der Waals surface area (Å²) in [5, 5.41) is 0. The van der Waals surface area contributed by atoms with Crippen LogP contribution in [0.1, 0.15) is 37.4 Å². The highest BCUT2D eigenvalue weighted by Gasteiger charge is 2.09. The Balaban J connectivity index is 0.000000251. The highest BCUT2D eigenvalue weighted by atomic mass is 79.9. The molecule has 2 aromatic carbocycles. The number of halogens is 1. The van der Waals surface area contributed by atoms with Gasteiger partial charge in [0.1, 0.15) is 0 Å². The number of hydrogen-bond donors (Lipinski definition) is 0. The Morgan fingerprint density at radius 2 is 1.40 bits per heavy atom. The first kappa shape index (κ1) is 20.6. The first-order chi connectivity index (χ1) is 11.8. The SMILES string of the molecule is C=Cc1ccc(C)c(C(=O)OC)c1.COC(=O)c1cc(Br)ccc1C. The van der Waals surface area contributed by atoms with Gasteiger partial charge in [-0.25, -0.2) is 9.59 Å². The third kappa shape index (κ3) is 5.87. The minimum Gasteiger partial charge on any atom is -0.465 e. The molecule has 132 valence electrons. The summed E-state index contributed by atoms with van der Waals surface area (Å²) >= 11 is 3.29. The van der Waals surface area contributed by atoms with Crippen LogP contribution in [0.3, 0.4) is 0 Å². The predicted octanol–water partition coefficient (Wildman–Crippen LogP) is 4.97. The molecule has 0 radical (unpaired) electrons. The first-order valence-electron chi connectivity index (χ1n) is 7.49. The number of methoxy groups -OCH3 is 2. The van der Waals surface area contributed by atoms with Crippen molar-refractivity contribution >= 4 is 33.9 Å². The fourth-order valence-electron chi connectivity index (χ4n) is 2.02. The van der Waals surface area contributed by atoms with Crippen LogP contribution in [0.15, 0.2) is 47.4 Å². The van der Waals surface area contributed by atoms with Crippen molar-refractivity contribution in [2.75, 3.05) is 14.2 Å². The summed E-state index contributed by atoms with van der Waals surface area (Å²) in [6.45, 7) is 7.38. The Bertz CT molecular complexity index is 781. The molecule has 0 heterocycles. The van der Waals surface area contributed by atoms with Crippen molar-refractivity contribution in [3.8, 4) is 0 Å². The highest BCUT2D eigenvalue weighted by molar-refractivity contribution is 9.10. The lowest BCUT2D eigenvalue weighted by Crippen LogP contribution is -2.03. The molecule has 2 rings (SSSR count). The van der Waals surface area contributed by atoms with Crippen molar-refractivity contribution in [2.24, 2.45) is 0 Å². The molecule has 0 unspecified atom stereocenters. The maximum absolute atomic E-state index is 11.2. The summed E-state index contributed by atoms with van der Waals surface area (Å²) in [6.07, 6.45) is 1.70. The van der Waals surface area contributed by atoms with Crippen LogP contribution in [0.2, 0.25) is 0 Å². The van der Waals surface area contributed by atoms with Crippen molar-refractivity contribution in [1.82, 2.24) is 0 Å². The summed E-state index contributed by atoms with van der Waals surface area (Å²) < 4.78 is 10.1. The number of carbonyl (C=O) groups is 2. The molecule has 0 aliphatic rings. The van der Waals surface area contributed by atoms with Crippen LogP contribution >= 0.6 is 15.9 Å². The van der Waals surface area contributed by atoms with Crippen molar-refractivity contribution in [1.29, 1.82) is 0 Å². The Labute approximate surface area is 156 Å². The van der Waals surface area contributed by atoms with Crippen molar-refractivity contribution in [2.45, 2.75) is 13.8 Å². The van der Waals surface area contributed by atoms with Crippen molar-refractivity contribution < 1.29 is 19.1 Å². The van der Waals surface area contributed by atoms with Crippen molar-refractivity contribution in [3.05, 3.63) is 75.3 Å². The second kappa shape index (κ2) is 9.79. The lowest BCUT2D eigenvalue weighted by atomic mass is 10.1. The van der Waals surface area contributed by atoms with Gasteiger partial charge in [-0.15, -0.1) is 0 Å². The van der Waals surface area contributed by atoms with Crippen LogP contribution in [0.4, 0.5) is 0 Å². The molecular formula is C20H21BrO4. The molecule has 0 saturated heterocycles. The van der Waals surface area contributed by atoms with E-state index in [1.54, 1.807) is 18.2 Å². The van der Waals surface area contributed by atoms with Gasteiger partial charge < -0.3 is 9.47 Å². The fourth-order valence-corrected chi connectivity index (χ4v) is 2.38. The molecular weight excluding hydrogens is 384 g/mol. The third-order valence-electron chi connectivity index (χ3n) is 3.51. The summed E-state index contributed by atoms with van der Waals surface area (Å²) in [5.41, 5.74) is 3.96. The van der Waals surface area contributed by atoms with Gasteiger partial charge in [-0.2, -0.15) is 0 Å². The Morgan fingerprint density at radius 3 is 1.88 bits per heavy atom. The van der Waals surface area contributed by atoms with Crippen LogP contribution in [0.25, 0.3) is 6.08 Å². The van der Waals surface area contributed by atoms with Crippen LogP contribution in [0, 0.1) is 13.8 Å². The molecule has 0 N–H and O–H groups in total. The topological polar surface area (TPSA) is 52.6 Å². The van der Waals surface area contributed by atoms with E-state index in [0.717, 1.165) is 21.2 Å².